The molecule has 0 aromatic carbocycles. The number of fused-ring (bicyclic) bond motifs is 1. The van der Waals surface area contributed by atoms with E-state index in [0.717, 1.165) is 38.9 Å². The highest BCUT2D eigenvalue weighted by Crippen LogP contribution is 2.45. The highest BCUT2D eigenvalue weighted by molar-refractivity contribution is 5.97. The molecule has 3 aliphatic heterocycles. The van der Waals surface area contributed by atoms with Crippen LogP contribution in [0.2, 0.25) is 0 Å². The second kappa shape index (κ2) is 7.03. The Morgan fingerprint density at radius 1 is 1.08 bits per heavy atom. The molecule has 3 saturated heterocycles. The van der Waals surface area contributed by atoms with Gasteiger partial charge < -0.3 is 15.0 Å². The summed E-state index contributed by atoms with van der Waals surface area (Å²) in [6.07, 6.45) is 4.13. The van der Waals surface area contributed by atoms with Crippen molar-refractivity contribution >= 4 is 17.7 Å². The summed E-state index contributed by atoms with van der Waals surface area (Å²) in [6, 6.07) is 0.318. The van der Waals surface area contributed by atoms with Crippen molar-refractivity contribution in [3.63, 3.8) is 0 Å². The van der Waals surface area contributed by atoms with E-state index in [4.69, 9.17) is 4.74 Å². The number of carbonyl (C=O) groups is 3. The Hall–Kier alpha value is -1.47. The number of imide groups is 1. The summed E-state index contributed by atoms with van der Waals surface area (Å²) >= 11 is 0. The van der Waals surface area contributed by atoms with Gasteiger partial charge in [-0.3, -0.25) is 19.3 Å². The van der Waals surface area contributed by atoms with Gasteiger partial charge in [-0.05, 0) is 44.1 Å². The van der Waals surface area contributed by atoms with E-state index in [1.54, 1.807) is 0 Å². The van der Waals surface area contributed by atoms with Gasteiger partial charge in [0.05, 0.1) is 0 Å². The summed E-state index contributed by atoms with van der Waals surface area (Å²) in [4.78, 5) is 39.5. The van der Waals surface area contributed by atoms with Crippen molar-refractivity contribution in [1.29, 1.82) is 0 Å². The maximum atomic E-state index is 12.1. The lowest BCUT2D eigenvalue weighted by Crippen LogP contribution is -2.42. The highest BCUT2D eigenvalue weighted by Gasteiger charge is 2.56. The van der Waals surface area contributed by atoms with E-state index in [0.29, 0.717) is 50.3 Å². The van der Waals surface area contributed by atoms with Crippen LogP contribution in [0.4, 0.5) is 0 Å². The van der Waals surface area contributed by atoms with E-state index in [2.05, 4.69) is 10.2 Å². The average molecular weight is 349 g/mol. The van der Waals surface area contributed by atoms with Crippen molar-refractivity contribution in [2.75, 3.05) is 32.8 Å². The molecule has 1 saturated carbocycles. The predicted octanol–water partition coefficient (Wildman–Crippen LogP) is 0.141. The second-order valence-corrected chi connectivity index (χ2v) is 7.77. The first-order valence-electron chi connectivity index (χ1n) is 9.61. The van der Waals surface area contributed by atoms with Gasteiger partial charge in [-0.25, -0.2) is 0 Å². The molecule has 7 heteroatoms. The van der Waals surface area contributed by atoms with Gasteiger partial charge in [0.25, 0.3) is 0 Å². The van der Waals surface area contributed by atoms with E-state index in [9.17, 15) is 14.4 Å². The van der Waals surface area contributed by atoms with E-state index < -0.39 is 0 Å². The van der Waals surface area contributed by atoms with Gasteiger partial charge in [-0.15, -0.1) is 0 Å². The fourth-order valence-electron chi connectivity index (χ4n) is 4.55. The molecule has 1 aliphatic carbocycles. The van der Waals surface area contributed by atoms with E-state index in [-0.39, 0.29) is 23.8 Å². The molecule has 3 heterocycles. The molecule has 0 aromatic rings. The molecule has 0 radical (unpaired) electrons. The van der Waals surface area contributed by atoms with Crippen molar-refractivity contribution < 1.29 is 19.1 Å². The minimum absolute atomic E-state index is 0.0163. The van der Waals surface area contributed by atoms with E-state index in [1.807, 2.05) is 0 Å². The number of carbonyl (C=O) groups excluding carboxylic acids is 3. The molecule has 3 amide bonds. The first-order valence-corrected chi connectivity index (χ1v) is 9.61. The Kier molecular flexibility index (Phi) is 4.78. The number of ether oxygens (including phenoxy) is 1. The average Bonchev–Trinajstić information content (AvgIpc) is 3.04. The zero-order valence-electron chi connectivity index (χ0n) is 14.6. The number of likely N-dealkylation sites (tertiary alicyclic amines) is 2. The Morgan fingerprint density at radius 3 is 2.44 bits per heavy atom. The SMILES string of the molecule is O=C(NC1C2CN(CCCN3C(=O)CCCC3=O)CC21)C1CCCO1. The maximum absolute atomic E-state index is 12.1. The Balaban J connectivity index is 1.14. The normalized spacial score (nSPS) is 35.1. The molecule has 4 aliphatic rings. The van der Waals surface area contributed by atoms with Gasteiger partial charge in [-0.2, -0.15) is 0 Å². The van der Waals surface area contributed by atoms with Crippen LogP contribution in [0, 0.1) is 11.8 Å². The molecule has 0 bridgehead atoms. The molecular formula is C18H27N3O4. The van der Waals surface area contributed by atoms with Gasteiger partial charge in [0.2, 0.25) is 17.7 Å². The fraction of sp³-hybridized carbons (Fsp3) is 0.833. The van der Waals surface area contributed by atoms with Crippen LogP contribution < -0.4 is 5.32 Å². The Bertz CT molecular complexity index is 533. The van der Waals surface area contributed by atoms with Crippen LogP contribution in [0.3, 0.4) is 0 Å². The lowest BCUT2D eigenvalue weighted by atomic mass is 10.1. The number of hydrogen-bond acceptors (Lipinski definition) is 5. The smallest absolute Gasteiger partial charge is 0.249 e. The molecule has 138 valence electrons. The summed E-state index contributed by atoms with van der Waals surface area (Å²) in [5.74, 6) is 1.15. The summed E-state index contributed by atoms with van der Waals surface area (Å²) in [5, 5.41) is 3.15. The number of nitrogens with one attached hydrogen (secondary N) is 1. The molecule has 0 aromatic heterocycles. The topological polar surface area (TPSA) is 79.0 Å². The van der Waals surface area contributed by atoms with Crippen molar-refractivity contribution in [1.82, 2.24) is 15.1 Å². The number of piperidine rings is 2. The number of nitrogens with zero attached hydrogens (tertiary/aromatic N) is 2. The number of hydrogen-bond donors (Lipinski definition) is 1. The van der Waals surface area contributed by atoms with Gasteiger partial charge in [0.15, 0.2) is 0 Å². The third-order valence-electron chi connectivity index (χ3n) is 6.04. The lowest BCUT2D eigenvalue weighted by molar-refractivity contribution is -0.148. The zero-order chi connectivity index (χ0) is 17.4. The van der Waals surface area contributed by atoms with Gasteiger partial charge in [-0.1, -0.05) is 0 Å². The first kappa shape index (κ1) is 17.0. The second-order valence-electron chi connectivity index (χ2n) is 7.77. The maximum Gasteiger partial charge on any atom is 0.249 e. The van der Waals surface area contributed by atoms with Crippen LogP contribution in [-0.2, 0) is 19.1 Å². The van der Waals surface area contributed by atoms with Crippen molar-refractivity contribution in [2.24, 2.45) is 11.8 Å². The van der Waals surface area contributed by atoms with E-state index in [1.165, 1.54) is 4.90 Å². The van der Waals surface area contributed by atoms with E-state index >= 15 is 0 Å². The lowest BCUT2D eigenvalue weighted by Gasteiger charge is -2.26. The van der Waals surface area contributed by atoms with Gasteiger partial charge in [0, 0.05) is 45.1 Å². The first-order chi connectivity index (χ1) is 12.1. The van der Waals surface area contributed by atoms with Crippen LogP contribution >= 0.6 is 0 Å². The summed E-state index contributed by atoms with van der Waals surface area (Å²) in [5.41, 5.74) is 0. The third-order valence-corrected chi connectivity index (χ3v) is 6.04. The quantitative estimate of drug-likeness (QED) is 0.690. The Labute approximate surface area is 148 Å². The largest absolute Gasteiger partial charge is 0.368 e. The molecule has 3 atom stereocenters. The molecule has 7 nitrogen and oxygen atoms in total. The molecule has 3 unspecified atom stereocenters. The van der Waals surface area contributed by atoms with Crippen molar-refractivity contribution in [2.45, 2.75) is 50.7 Å². The van der Waals surface area contributed by atoms with Crippen molar-refractivity contribution in [3.05, 3.63) is 0 Å². The number of amides is 3. The summed E-state index contributed by atoms with van der Waals surface area (Å²) in [6.45, 7) is 4.16. The van der Waals surface area contributed by atoms with Gasteiger partial charge >= 0.3 is 0 Å². The molecule has 4 fully saturated rings. The minimum atomic E-state index is -0.239. The summed E-state index contributed by atoms with van der Waals surface area (Å²) < 4.78 is 5.43. The highest BCUT2D eigenvalue weighted by atomic mass is 16.5. The zero-order valence-corrected chi connectivity index (χ0v) is 14.6. The monoisotopic (exact) mass is 349 g/mol. The van der Waals surface area contributed by atoms with Crippen LogP contribution in [-0.4, -0.2) is 72.5 Å². The predicted molar refractivity (Wildman–Crippen MR) is 89.5 cm³/mol. The standard InChI is InChI=1S/C18H27N3O4/c22-15-5-1-6-16(23)21(15)8-3-7-20-10-12-13(11-20)17(12)19-18(24)14-4-2-9-25-14/h12-14,17H,1-11H2,(H,19,24). The number of rotatable bonds is 6. The summed E-state index contributed by atoms with van der Waals surface area (Å²) in [7, 11) is 0. The third kappa shape index (κ3) is 3.58. The Morgan fingerprint density at radius 2 is 1.80 bits per heavy atom. The van der Waals surface area contributed by atoms with Crippen LogP contribution in [0.15, 0.2) is 0 Å². The van der Waals surface area contributed by atoms with Crippen LogP contribution in [0.25, 0.3) is 0 Å². The molecule has 0 spiro atoms. The molecule has 4 rings (SSSR count). The fourth-order valence-corrected chi connectivity index (χ4v) is 4.55. The van der Waals surface area contributed by atoms with Gasteiger partial charge in [0.1, 0.15) is 6.10 Å². The van der Waals surface area contributed by atoms with Crippen molar-refractivity contribution in [3.8, 4) is 0 Å². The minimum Gasteiger partial charge on any atom is -0.368 e. The van der Waals surface area contributed by atoms with Crippen LogP contribution in [0.5, 0.6) is 0 Å². The molecular weight excluding hydrogens is 322 g/mol. The molecule has 25 heavy (non-hydrogen) atoms. The molecule has 1 N–H and O–H groups in total. The van der Waals surface area contributed by atoms with Crippen LogP contribution in [0.1, 0.15) is 38.5 Å².